The lowest BCUT2D eigenvalue weighted by Crippen LogP contribution is -1.84. The maximum absolute atomic E-state index is 2.26. The zero-order valence-corrected chi connectivity index (χ0v) is 8.88. The molecule has 0 heterocycles. The molecule has 0 N–H and O–H groups in total. The highest BCUT2D eigenvalue weighted by molar-refractivity contribution is 5.04. The van der Waals surface area contributed by atoms with Crippen molar-refractivity contribution in [1.29, 1.82) is 0 Å². The van der Waals surface area contributed by atoms with Crippen molar-refractivity contribution < 1.29 is 0 Å². The molecule has 0 bridgehead atoms. The first-order chi connectivity index (χ1) is 5.70. The summed E-state index contributed by atoms with van der Waals surface area (Å²) in [7, 11) is 0. The van der Waals surface area contributed by atoms with Crippen molar-refractivity contribution in [2.45, 2.75) is 40.5 Å². The van der Waals surface area contributed by atoms with Gasteiger partial charge in [-0.25, -0.2) is 0 Å². The van der Waals surface area contributed by atoms with Gasteiger partial charge in [0, 0.05) is 0 Å². The van der Waals surface area contributed by atoms with Crippen molar-refractivity contribution in [2.24, 2.45) is 11.8 Å². The van der Waals surface area contributed by atoms with Crippen LogP contribution in [-0.4, -0.2) is 0 Å². The molecule has 0 saturated heterocycles. The Labute approximate surface area is 77.4 Å². The molecule has 0 aliphatic rings. The van der Waals surface area contributed by atoms with Gasteiger partial charge in [0.1, 0.15) is 0 Å². The molecule has 12 heavy (non-hydrogen) atoms. The fourth-order valence-electron chi connectivity index (χ4n) is 0.780. The summed E-state index contributed by atoms with van der Waals surface area (Å²) in [6, 6.07) is 0. The molecule has 0 aliphatic heterocycles. The molecule has 0 nitrogen and oxygen atoms in total. The number of hydrogen-bond donors (Lipinski definition) is 0. The molecule has 0 amide bonds. The van der Waals surface area contributed by atoms with Gasteiger partial charge in [0.05, 0.1) is 0 Å². The van der Waals surface area contributed by atoms with Crippen molar-refractivity contribution in [3.8, 4) is 0 Å². The molecule has 0 aliphatic carbocycles. The first kappa shape index (κ1) is 11.5. The standard InChI is InChI=1S/C12H22/c1-5-11(3)9-7-8-10-12(4)6-2/h7-12H,5-6H2,1-4H3. The van der Waals surface area contributed by atoms with Gasteiger partial charge in [0.2, 0.25) is 0 Å². The highest BCUT2D eigenvalue weighted by Gasteiger charge is 1.89. The van der Waals surface area contributed by atoms with Crippen LogP contribution in [0.15, 0.2) is 24.3 Å². The van der Waals surface area contributed by atoms with Gasteiger partial charge in [-0.05, 0) is 11.8 Å². The largest absolute Gasteiger partial charge is 0.0817 e. The topological polar surface area (TPSA) is 0 Å². The number of rotatable bonds is 5. The molecule has 2 unspecified atom stereocenters. The fraction of sp³-hybridized carbons (Fsp3) is 0.667. The Morgan fingerprint density at radius 1 is 0.833 bits per heavy atom. The van der Waals surface area contributed by atoms with E-state index in [1.165, 1.54) is 12.8 Å². The molecule has 0 fully saturated rings. The molecular weight excluding hydrogens is 144 g/mol. The SMILES string of the molecule is CCC(C)C=CC=CC(C)CC. The van der Waals surface area contributed by atoms with E-state index < -0.39 is 0 Å². The van der Waals surface area contributed by atoms with Gasteiger partial charge < -0.3 is 0 Å². The van der Waals surface area contributed by atoms with Gasteiger partial charge in [0.15, 0.2) is 0 Å². The van der Waals surface area contributed by atoms with E-state index in [2.05, 4.69) is 52.0 Å². The Balaban J connectivity index is 3.65. The highest BCUT2D eigenvalue weighted by Crippen LogP contribution is 2.04. The van der Waals surface area contributed by atoms with Crippen molar-refractivity contribution in [1.82, 2.24) is 0 Å². The lowest BCUT2D eigenvalue weighted by Gasteiger charge is -1.99. The molecular formula is C12H22. The van der Waals surface area contributed by atoms with Crippen molar-refractivity contribution in [2.75, 3.05) is 0 Å². The second kappa shape index (κ2) is 7.15. The van der Waals surface area contributed by atoms with E-state index in [-0.39, 0.29) is 0 Å². The summed E-state index contributed by atoms with van der Waals surface area (Å²) >= 11 is 0. The second-order valence-electron chi connectivity index (χ2n) is 3.54. The minimum atomic E-state index is 0.714. The van der Waals surface area contributed by atoms with Crippen LogP contribution in [0.2, 0.25) is 0 Å². The van der Waals surface area contributed by atoms with Crippen LogP contribution >= 0.6 is 0 Å². The van der Waals surface area contributed by atoms with E-state index in [1.807, 2.05) is 0 Å². The van der Waals surface area contributed by atoms with Gasteiger partial charge in [0.25, 0.3) is 0 Å². The second-order valence-corrected chi connectivity index (χ2v) is 3.54. The summed E-state index contributed by atoms with van der Waals surface area (Å²) in [4.78, 5) is 0. The molecule has 0 aromatic carbocycles. The molecule has 0 heteroatoms. The third-order valence-electron chi connectivity index (χ3n) is 2.28. The number of allylic oxidation sites excluding steroid dienone is 4. The van der Waals surface area contributed by atoms with Crippen molar-refractivity contribution in [3.05, 3.63) is 24.3 Å². The molecule has 70 valence electrons. The van der Waals surface area contributed by atoms with Crippen LogP contribution in [0.4, 0.5) is 0 Å². The maximum atomic E-state index is 2.26. The van der Waals surface area contributed by atoms with E-state index in [4.69, 9.17) is 0 Å². The smallest absolute Gasteiger partial charge is 0.0261 e. The van der Waals surface area contributed by atoms with E-state index in [1.54, 1.807) is 0 Å². The van der Waals surface area contributed by atoms with Gasteiger partial charge in [-0.3, -0.25) is 0 Å². The summed E-state index contributed by atoms with van der Waals surface area (Å²) in [6.45, 7) is 8.92. The van der Waals surface area contributed by atoms with Gasteiger partial charge in [-0.2, -0.15) is 0 Å². The quantitative estimate of drug-likeness (QED) is 0.537. The van der Waals surface area contributed by atoms with Gasteiger partial charge >= 0.3 is 0 Å². The van der Waals surface area contributed by atoms with Gasteiger partial charge in [-0.1, -0.05) is 64.8 Å². The lowest BCUT2D eigenvalue weighted by atomic mass is 10.1. The van der Waals surface area contributed by atoms with Crippen LogP contribution in [0, 0.1) is 11.8 Å². The molecule has 0 saturated carbocycles. The predicted molar refractivity (Wildman–Crippen MR) is 57.2 cm³/mol. The van der Waals surface area contributed by atoms with Crippen LogP contribution in [0.3, 0.4) is 0 Å². The Kier molecular flexibility index (Phi) is 6.84. The van der Waals surface area contributed by atoms with Crippen LogP contribution in [0.1, 0.15) is 40.5 Å². The average Bonchev–Trinajstić information content (AvgIpc) is 2.11. The van der Waals surface area contributed by atoms with Crippen LogP contribution in [0.25, 0.3) is 0 Å². The minimum absolute atomic E-state index is 0.714. The number of hydrogen-bond acceptors (Lipinski definition) is 0. The minimum Gasteiger partial charge on any atom is -0.0817 e. The predicted octanol–water partition coefficient (Wildman–Crippen LogP) is 4.19. The van der Waals surface area contributed by atoms with Crippen molar-refractivity contribution in [3.63, 3.8) is 0 Å². The van der Waals surface area contributed by atoms with Crippen LogP contribution in [0.5, 0.6) is 0 Å². The Hall–Kier alpha value is -0.520. The zero-order chi connectivity index (χ0) is 9.40. The summed E-state index contributed by atoms with van der Waals surface area (Å²) in [5, 5.41) is 0. The summed E-state index contributed by atoms with van der Waals surface area (Å²) in [5.41, 5.74) is 0. The Morgan fingerprint density at radius 3 is 1.42 bits per heavy atom. The first-order valence-electron chi connectivity index (χ1n) is 5.05. The molecule has 0 spiro atoms. The lowest BCUT2D eigenvalue weighted by molar-refractivity contribution is 0.694. The summed E-state index contributed by atoms with van der Waals surface area (Å²) in [5.74, 6) is 1.43. The normalized spacial score (nSPS) is 17.3. The van der Waals surface area contributed by atoms with E-state index in [9.17, 15) is 0 Å². The third kappa shape index (κ3) is 6.21. The Bertz CT molecular complexity index is 124. The monoisotopic (exact) mass is 166 g/mol. The summed E-state index contributed by atoms with van der Waals surface area (Å²) < 4.78 is 0. The average molecular weight is 166 g/mol. The van der Waals surface area contributed by atoms with Gasteiger partial charge in [-0.15, -0.1) is 0 Å². The highest BCUT2D eigenvalue weighted by atomic mass is 14.0. The molecule has 0 aromatic rings. The fourth-order valence-corrected chi connectivity index (χ4v) is 0.780. The Morgan fingerprint density at radius 2 is 1.17 bits per heavy atom. The summed E-state index contributed by atoms with van der Waals surface area (Å²) in [6.07, 6.45) is 11.3. The first-order valence-corrected chi connectivity index (χ1v) is 5.05. The van der Waals surface area contributed by atoms with E-state index >= 15 is 0 Å². The maximum Gasteiger partial charge on any atom is -0.0261 e. The van der Waals surface area contributed by atoms with Crippen molar-refractivity contribution >= 4 is 0 Å². The molecule has 0 radical (unpaired) electrons. The zero-order valence-electron chi connectivity index (χ0n) is 8.88. The van der Waals surface area contributed by atoms with E-state index in [0.717, 1.165) is 0 Å². The molecule has 0 rings (SSSR count). The third-order valence-corrected chi connectivity index (χ3v) is 2.28. The van der Waals surface area contributed by atoms with E-state index in [0.29, 0.717) is 11.8 Å². The van der Waals surface area contributed by atoms with Crippen LogP contribution in [-0.2, 0) is 0 Å². The van der Waals surface area contributed by atoms with Crippen LogP contribution < -0.4 is 0 Å². The molecule has 2 atom stereocenters. The molecule has 0 aromatic heterocycles.